The maximum atomic E-state index is 13.2. The SMILES string of the molecule is CCSC1CCC(NC2CCc3cc(F)ccc32)C1. The maximum Gasteiger partial charge on any atom is 0.123 e. The molecule has 3 unspecified atom stereocenters. The highest BCUT2D eigenvalue weighted by Crippen LogP contribution is 2.35. The number of nitrogens with one attached hydrogen (secondary N) is 1. The molecule has 1 N–H and O–H groups in total. The third-order valence-corrected chi connectivity index (χ3v) is 5.64. The molecule has 0 aliphatic heterocycles. The number of hydrogen-bond acceptors (Lipinski definition) is 2. The summed E-state index contributed by atoms with van der Waals surface area (Å²) in [6.45, 7) is 2.24. The van der Waals surface area contributed by atoms with Crippen molar-refractivity contribution in [1.29, 1.82) is 0 Å². The van der Waals surface area contributed by atoms with E-state index >= 15 is 0 Å². The largest absolute Gasteiger partial charge is 0.307 e. The maximum absolute atomic E-state index is 13.2. The quantitative estimate of drug-likeness (QED) is 0.891. The topological polar surface area (TPSA) is 12.0 Å². The van der Waals surface area contributed by atoms with E-state index in [0.29, 0.717) is 12.1 Å². The van der Waals surface area contributed by atoms with E-state index in [1.54, 1.807) is 12.1 Å². The molecule has 3 atom stereocenters. The summed E-state index contributed by atoms with van der Waals surface area (Å²) in [6, 6.07) is 6.39. The predicted octanol–water partition coefficient (Wildman–Crippen LogP) is 4.08. The molecule has 1 saturated carbocycles. The average molecular weight is 279 g/mol. The van der Waals surface area contributed by atoms with Crippen LogP contribution in [0.2, 0.25) is 0 Å². The van der Waals surface area contributed by atoms with Gasteiger partial charge in [0.2, 0.25) is 0 Å². The normalized spacial score (nSPS) is 29.7. The fourth-order valence-electron chi connectivity index (χ4n) is 3.52. The molecule has 19 heavy (non-hydrogen) atoms. The first-order chi connectivity index (χ1) is 9.26. The Bertz CT molecular complexity index is 448. The minimum atomic E-state index is -0.0975. The summed E-state index contributed by atoms with van der Waals surface area (Å²) in [6.07, 6.45) is 6.08. The molecule has 1 aromatic carbocycles. The number of thioether (sulfide) groups is 1. The van der Waals surface area contributed by atoms with Gasteiger partial charge in [0.25, 0.3) is 0 Å². The highest BCUT2D eigenvalue weighted by Gasteiger charge is 2.29. The molecule has 0 bridgehead atoms. The van der Waals surface area contributed by atoms with Crippen molar-refractivity contribution in [2.24, 2.45) is 0 Å². The van der Waals surface area contributed by atoms with Crippen LogP contribution in [0.4, 0.5) is 4.39 Å². The van der Waals surface area contributed by atoms with Gasteiger partial charge >= 0.3 is 0 Å². The Morgan fingerprint density at radius 1 is 1.32 bits per heavy atom. The average Bonchev–Trinajstić information content (AvgIpc) is 2.98. The van der Waals surface area contributed by atoms with Crippen LogP contribution in [-0.4, -0.2) is 17.0 Å². The third-order valence-electron chi connectivity index (χ3n) is 4.41. The first-order valence-corrected chi connectivity index (χ1v) is 8.47. The number of rotatable bonds is 4. The zero-order chi connectivity index (χ0) is 13.2. The van der Waals surface area contributed by atoms with Gasteiger partial charge in [-0.2, -0.15) is 11.8 Å². The third kappa shape index (κ3) is 2.97. The molecular weight excluding hydrogens is 257 g/mol. The molecular formula is C16H22FNS. The molecule has 0 heterocycles. The van der Waals surface area contributed by atoms with Crippen LogP contribution in [0.5, 0.6) is 0 Å². The van der Waals surface area contributed by atoms with Crippen molar-refractivity contribution in [2.75, 3.05) is 5.75 Å². The zero-order valence-electron chi connectivity index (χ0n) is 11.5. The van der Waals surface area contributed by atoms with E-state index < -0.39 is 0 Å². The summed E-state index contributed by atoms with van der Waals surface area (Å²) >= 11 is 2.10. The lowest BCUT2D eigenvalue weighted by molar-refractivity contribution is 0.438. The van der Waals surface area contributed by atoms with Gasteiger partial charge in [0.15, 0.2) is 0 Å². The number of aryl methyl sites for hydroxylation is 1. The smallest absolute Gasteiger partial charge is 0.123 e. The van der Waals surface area contributed by atoms with Gasteiger partial charge in [0, 0.05) is 17.3 Å². The minimum Gasteiger partial charge on any atom is -0.307 e. The van der Waals surface area contributed by atoms with Gasteiger partial charge < -0.3 is 5.32 Å². The van der Waals surface area contributed by atoms with Crippen molar-refractivity contribution >= 4 is 11.8 Å². The Morgan fingerprint density at radius 2 is 2.21 bits per heavy atom. The van der Waals surface area contributed by atoms with Crippen LogP contribution in [0.1, 0.15) is 49.8 Å². The molecule has 104 valence electrons. The Balaban J connectivity index is 1.61. The lowest BCUT2D eigenvalue weighted by Crippen LogP contribution is -2.30. The van der Waals surface area contributed by atoms with Crippen LogP contribution in [0.3, 0.4) is 0 Å². The second-order valence-electron chi connectivity index (χ2n) is 5.69. The Morgan fingerprint density at radius 3 is 3.05 bits per heavy atom. The van der Waals surface area contributed by atoms with E-state index in [1.807, 2.05) is 6.07 Å². The van der Waals surface area contributed by atoms with Crippen LogP contribution >= 0.6 is 11.8 Å². The molecule has 0 spiro atoms. The lowest BCUT2D eigenvalue weighted by atomic mass is 10.1. The summed E-state index contributed by atoms with van der Waals surface area (Å²) in [5.74, 6) is 1.13. The lowest BCUT2D eigenvalue weighted by Gasteiger charge is -2.20. The molecule has 0 aromatic heterocycles. The van der Waals surface area contributed by atoms with Crippen molar-refractivity contribution in [2.45, 2.75) is 56.4 Å². The minimum absolute atomic E-state index is 0.0975. The Hall–Kier alpha value is -0.540. The van der Waals surface area contributed by atoms with E-state index in [4.69, 9.17) is 0 Å². The van der Waals surface area contributed by atoms with Crippen LogP contribution in [0.25, 0.3) is 0 Å². The van der Waals surface area contributed by atoms with Gasteiger partial charge in [-0.3, -0.25) is 0 Å². The summed E-state index contributed by atoms with van der Waals surface area (Å²) in [4.78, 5) is 0. The van der Waals surface area contributed by atoms with Crippen molar-refractivity contribution in [3.8, 4) is 0 Å². The van der Waals surface area contributed by atoms with Crippen molar-refractivity contribution in [3.63, 3.8) is 0 Å². The summed E-state index contributed by atoms with van der Waals surface area (Å²) in [5, 5.41) is 4.65. The molecule has 0 saturated heterocycles. The number of benzene rings is 1. The van der Waals surface area contributed by atoms with E-state index in [9.17, 15) is 4.39 Å². The van der Waals surface area contributed by atoms with Gasteiger partial charge in [0.1, 0.15) is 5.82 Å². The first-order valence-electron chi connectivity index (χ1n) is 7.42. The molecule has 3 rings (SSSR count). The second kappa shape index (κ2) is 5.84. The monoisotopic (exact) mass is 279 g/mol. The van der Waals surface area contributed by atoms with Gasteiger partial charge in [-0.15, -0.1) is 0 Å². The molecule has 2 aliphatic rings. The molecule has 1 aromatic rings. The van der Waals surface area contributed by atoms with Crippen LogP contribution < -0.4 is 5.32 Å². The highest BCUT2D eigenvalue weighted by atomic mass is 32.2. The van der Waals surface area contributed by atoms with Crippen molar-refractivity contribution in [1.82, 2.24) is 5.32 Å². The van der Waals surface area contributed by atoms with Gasteiger partial charge in [-0.1, -0.05) is 13.0 Å². The summed E-state index contributed by atoms with van der Waals surface area (Å²) in [7, 11) is 0. The fourth-order valence-corrected chi connectivity index (χ4v) is 4.66. The summed E-state index contributed by atoms with van der Waals surface area (Å²) < 4.78 is 13.2. The molecule has 1 nitrogen and oxygen atoms in total. The zero-order valence-corrected chi connectivity index (χ0v) is 12.3. The van der Waals surface area contributed by atoms with Crippen LogP contribution in [0, 0.1) is 5.82 Å². The van der Waals surface area contributed by atoms with E-state index in [1.165, 1.54) is 36.1 Å². The number of hydrogen-bond donors (Lipinski definition) is 1. The molecule has 2 aliphatic carbocycles. The predicted molar refractivity (Wildman–Crippen MR) is 80.2 cm³/mol. The van der Waals surface area contributed by atoms with Crippen LogP contribution in [0.15, 0.2) is 18.2 Å². The standard InChI is InChI=1S/C16H22FNS/c1-2-19-14-6-5-13(10-14)18-16-8-3-11-9-12(17)4-7-15(11)16/h4,7,9,13-14,16,18H,2-3,5-6,8,10H2,1H3. The van der Waals surface area contributed by atoms with Gasteiger partial charge in [0.05, 0.1) is 0 Å². The molecule has 0 amide bonds. The fraction of sp³-hybridized carbons (Fsp3) is 0.625. The Kier molecular flexibility index (Phi) is 4.13. The second-order valence-corrected chi connectivity index (χ2v) is 7.27. The Labute approximate surface area is 119 Å². The van der Waals surface area contributed by atoms with E-state index in [2.05, 4.69) is 24.0 Å². The molecule has 0 radical (unpaired) electrons. The van der Waals surface area contributed by atoms with Crippen molar-refractivity contribution < 1.29 is 4.39 Å². The van der Waals surface area contributed by atoms with Crippen molar-refractivity contribution in [3.05, 3.63) is 35.1 Å². The molecule has 1 fully saturated rings. The summed E-state index contributed by atoms with van der Waals surface area (Å²) in [5.41, 5.74) is 2.53. The van der Waals surface area contributed by atoms with E-state index in [-0.39, 0.29) is 5.82 Å². The number of halogens is 1. The highest BCUT2D eigenvalue weighted by molar-refractivity contribution is 7.99. The first kappa shape index (κ1) is 13.4. The number of fused-ring (bicyclic) bond motifs is 1. The van der Waals surface area contributed by atoms with Gasteiger partial charge in [-0.25, -0.2) is 4.39 Å². The molecule has 3 heteroatoms. The van der Waals surface area contributed by atoms with E-state index in [0.717, 1.165) is 18.1 Å². The van der Waals surface area contributed by atoms with Gasteiger partial charge in [-0.05, 0) is 61.1 Å². The van der Waals surface area contributed by atoms with Crippen LogP contribution in [-0.2, 0) is 6.42 Å².